The minimum Gasteiger partial charge on any atom is -0.354 e. The smallest absolute Gasteiger partial charge is 0.172 e. The third kappa shape index (κ3) is 4.60. The Balaban J connectivity index is 2.76. The summed E-state index contributed by atoms with van der Waals surface area (Å²) in [6, 6.07) is 8.93. The largest absolute Gasteiger partial charge is 0.354 e. The number of ether oxygens (including phenoxy) is 2. The highest BCUT2D eigenvalue weighted by Gasteiger charge is 2.20. The van der Waals surface area contributed by atoms with Crippen LogP contribution in [0, 0.1) is 0 Å². The van der Waals surface area contributed by atoms with Crippen LogP contribution in [0.5, 0.6) is 0 Å². The number of hydrogen-bond acceptors (Lipinski definition) is 3. The van der Waals surface area contributed by atoms with Gasteiger partial charge in [0.25, 0.3) is 0 Å². The Kier molecular flexibility index (Phi) is 5.98. The minimum atomic E-state index is -0.229. The molecule has 0 aromatic heterocycles. The molecule has 0 fully saturated rings. The second-order valence-electron chi connectivity index (χ2n) is 5.89. The van der Waals surface area contributed by atoms with Gasteiger partial charge in [-0.05, 0) is 30.0 Å². The molecule has 0 aliphatic rings. The van der Waals surface area contributed by atoms with Crippen LogP contribution in [-0.4, -0.2) is 33.6 Å². The maximum absolute atomic E-state index is 5.32. The molecule has 0 amide bonds. The van der Waals surface area contributed by atoms with Gasteiger partial charge < -0.3 is 14.8 Å². The zero-order valence-electron chi connectivity index (χ0n) is 13.0. The molecule has 1 aromatic carbocycles. The highest BCUT2D eigenvalue weighted by atomic mass is 16.7. The number of hydrogen-bond donors (Lipinski definition) is 1. The van der Waals surface area contributed by atoms with Crippen molar-refractivity contribution in [3.8, 4) is 0 Å². The van der Waals surface area contributed by atoms with Crippen molar-refractivity contribution >= 4 is 0 Å². The molecule has 0 saturated carbocycles. The van der Waals surface area contributed by atoms with Gasteiger partial charge >= 0.3 is 0 Å². The van der Waals surface area contributed by atoms with E-state index in [9.17, 15) is 0 Å². The third-order valence-corrected chi connectivity index (χ3v) is 3.44. The second-order valence-corrected chi connectivity index (χ2v) is 5.89. The molecule has 0 radical (unpaired) electrons. The molecule has 108 valence electrons. The molecule has 1 rings (SSSR count). The third-order valence-electron chi connectivity index (χ3n) is 3.44. The standard InChI is InChI=1S/C16H27NO2/c1-16(2,3)13-9-7-12(8-10-13)11-14(17-4)15(18-5)19-6/h7-10,14-15,17H,11H2,1-6H3. The summed E-state index contributed by atoms with van der Waals surface area (Å²) in [5, 5.41) is 3.25. The first-order chi connectivity index (χ1) is 8.92. The molecule has 0 bridgehead atoms. The summed E-state index contributed by atoms with van der Waals surface area (Å²) in [6.07, 6.45) is 0.653. The maximum Gasteiger partial charge on any atom is 0.172 e. The lowest BCUT2D eigenvalue weighted by Crippen LogP contribution is -2.41. The van der Waals surface area contributed by atoms with Crippen molar-refractivity contribution in [1.82, 2.24) is 5.32 Å². The lowest BCUT2D eigenvalue weighted by molar-refractivity contribution is -0.121. The van der Waals surface area contributed by atoms with Crippen LogP contribution in [0.15, 0.2) is 24.3 Å². The number of benzene rings is 1. The average molecular weight is 265 g/mol. The topological polar surface area (TPSA) is 30.5 Å². The van der Waals surface area contributed by atoms with E-state index in [0.717, 1.165) is 6.42 Å². The summed E-state index contributed by atoms with van der Waals surface area (Å²) in [5.74, 6) is 0. The summed E-state index contributed by atoms with van der Waals surface area (Å²) in [4.78, 5) is 0. The summed E-state index contributed by atoms with van der Waals surface area (Å²) in [7, 11) is 5.27. The number of nitrogens with one attached hydrogen (secondary N) is 1. The molecule has 1 unspecified atom stereocenters. The van der Waals surface area contributed by atoms with E-state index in [1.165, 1.54) is 11.1 Å². The molecule has 0 aliphatic heterocycles. The van der Waals surface area contributed by atoms with E-state index in [1.54, 1.807) is 14.2 Å². The lowest BCUT2D eigenvalue weighted by Gasteiger charge is -2.25. The molecule has 0 saturated heterocycles. The fourth-order valence-corrected chi connectivity index (χ4v) is 2.15. The van der Waals surface area contributed by atoms with Crippen LogP contribution in [0.3, 0.4) is 0 Å². The monoisotopic (exact) mass is 265 g/mol. The zero-order chi connectivity index (χ0) is 14.5. The molecular formula is C16H27NO2. The molecule has 19 heavy (non-hydrogen) atoms. The fraction of sp³-hybridized carbons (Fsp3) is 0.625. The molecular weight excluding hydrogens is 238 g/mol. The Labute approximate surface area is 117 Å². The van der Waals surface area contributed by atoms with Gasteiger partial charge in [-0.2, -0.15) is 0 Å². The van der Waals surface area contributed by atoms with Crippen LogP contribution >= 0.6 is 0 Å². The molecule has 1 atom stereocenters. The summed E-state index contributed by atoms with van der Waals surface area (Å²) >= 11 is 0. The number of methoxy groups -OCH3 is 2. The van der Waals surface area contributed by atoms with Crippen molar-refractivity contribution in [2.24, 2.45) is 0 Å². The first kappa shape index (κ1) is 16.2. The van der Waals surface area contributed by atoms with Gasteiger partial charge in [0.15, 0.2) is 6.29 Å². The van der Waals surface area contributed by atoms with Crippen molar-refractivity contribution in [3.63, 3.8) is 0 Å². The van der Waals surface area contributed by atoms with Crippen molar-refractivity contribution in [2.75, 3.05) is 21.3 Å². The van der Waals surface area contributed by atoms with E-state index in [0.29, 0.717) is 0 Å². The van der Waals surface area contributed by atoms with E-state index in [4.69, 9.17) is 9.47 Å². The van der Waals surface area contributed by atoms with Gasteiger partial charge in [-0.3, -0.25) is 0 Å². The fourth-order valence-electron chi connectivity index (χ4n) is 2.15. The van der Waals surface area contributed by atoms with Gasteiger partial charge in [-0.15, -0.1) is 0 Å². The molecule has 3 heteroatoms. The lowest BCUT2D eigenvalue weighted by atomic mass is 9.86. The van der Waals surface area contributed by atoms with Crippen LogP contribution in [0.4, 0.5) is 0 Å². The zero-order valence-corrected chi connectivity index (χ0v) is 13.0. The van der Waals surface area contributed by atoms with Crippen LogP contribution in [0.2, 0.25) is 0 Å². The van der Waals surface area contributed by atoms with Gasteiger partial charge in [0.1, 0.15) is 0 Å². The molecule has 1 aromatic rings. The van der Waals surface area contributed by atoms with Crippen LogP contribution in [-0.2, 0) is 21.3 Å². The number of rotatable bonds is 6. The van der Waals surface area contributed by atoms with E-state index in [1.807, 2.05) is 7.05 Å². The van der Waals surface area contributed by atoms with Crippen molar-refractivity contribution in [2.45, 2.75) is 44.9 Å². The summed E-state index contributed by atoms with van der Waals surface area (Å²) < 4.78 is 10.6. The Morgan fingerprint density at radius 1 is 1.05 bits per heavy atom. The van der Waals surface area contributed by atoms with Crippen LogP contribution < -0.4 is 5.32 Å². The molecule has 0 spiro atoms. The first-order valence-corrected chi connectivity index (χ1v) is 6.74. The van der Waals surface area contributed by atoms with Crippen LogP contribution in [0.1, 0.15) is 31.9 Å². The Morgan fingerprint density at radius 3 is 1.95 bits per heavy atom. The highest BCUT2D eigenvalue weighted by molar-refractivity contribution is 5.28. The van der Waals surface area contributed by atoms with E-state index >= 15 is 0 Å². The summed E-state index contributed by atoms with van der Waals surface area (Å²) in [6.45, 7) is 6.68. The highest BCUT2D eigenvalue weighted by Crippen LogP contribution is 2.22. The Bertz CT molecular complexity index is 363. The van der Waals surface area contributed by atoms with Crippen LogP contribution in [0.25, 0.3) is 0 Å². The average Bonchev–Trinajstić information content (AvgIpc) is 2.38. The van der Waals surface area contributed by atoms with Gasteiger partial charge in [-0.1, -0.05) is 45.0 Å². The van der Waals surface area contributed by atoms with Gasteiger partial charge in [0.2, 0.25) is 0 Å². The SMILES string of the molecule is CNC(Cc1ccc(C(C)(C)C)cc1)C(OC)OC. The molecule has 1 N–H and O–H groups in total. The predicted molar refractivity (Wildman–Crippen MR) is 79.5 cm³/mol. The molecule has 0 heterocycles. The van der Waals surface area contributed by atoms with E-state index in [-0.39, 0.29) is 17.7 Å². The van der Waals surface area contributed by atoms with E-state index < -0.39 is 0 Å². The Hall–Kier alpha value is -0.900. The first-order valence-electron chi connectivity index (χ1n) is 6.74. The van der Waals surface area contributed by atoms with Crippen molar-refractivity contribution < 1.29 is 9.47 Å². The van der Waals surface area contributed by atoms with Gasteiger partial charge in [-0.25, -0.2) is 0 Å². The maximum atomic E-state index is 5.32. The molecule has 0 aliphatic carbocycles. The predicted octanol–water partition coefficient (Wildman–Crippen LogP) is 2.73. The quantitative estimate of drug-likeness (QED) is 0.802. The van der Waals surface area contributed by atoms with Gasteiger partial charge in [0.05, 0.1) is 6.04 Å². The minimum absolute atomic E-state index is 0.149. The van der Waals surface area contributed by atoms with Crippen molar-refractivity contribution in [1.29, 1.82) is 0 Å². The summed E-state index contributed by atoms with van der Waals surface area (Å²) in [5.41, 5.74) is 2.83. The Morgan fingerprint density at radius 2 is 1.58 bits per heavy atom. The second kappa shape index (κ2) is 7.04. The van der Waals surface area contributed by atoms with E-state index in [2.05, 4.69) is 50.4 Å². The van der Waals surface area contributed by atoms with Crippen molar-refractivity contribution in [3.05, 3.63) is 35.4 Å². The molecule has 3 nitrogen and oxygen atoms in total. The number of likely N-dealkylation sites (N-methyl/N-ethyl adjacent to an activating group) is 1. The van der Waals surface area contributed by atoms with Gasteiger partial charge in [0, 0.05) is 14.2 Å². The normalized spacial score (nSPS) is 13.8.